The fourth-order valence-electron chi connectivity index (χ4n) is 3.76. The minimum Gasteiger partial charge on any atom is -0.307 e. The summed E-state index contributed by atoms with van der Waals surface area (Å²) in [6.45, 7) is 5.81. The molecule has 176 valence electrons. The van der Waals surface area contributed by atoms with Crippen LogP contribution in [0.5, 0.6) is 0 Å². The lowest BCUT2D eigenvalue weighted by molar-refractivity contribution is -0.149. The molecule has 0 spiro atoms. The van der Waals surface area contributed by atoms with Gasteiger partial charge < -0.3 is 5.32 Å². The first-order valence-electron chi connectivity index (χ1n) is 10.2. The summed E-state index contributed by atoms with van der Waals surface area (Å²) in [7, 11) is -4.41. The van der Waals surface area contributed by atoms with Crippen LogP contribution in [0.1, 0.15) is 69.9 Å². The predicted molar refractivity (Wildman–Crippen MR) is 111 cm³/mol. The maximum Gasteiger partial charge on any atom is 0.401 e. The number of piperidine rings is 1. The molecule has 0 bridgehead atoms. The van der Waals surface area contributed by atoms with Gasteiger partial charge >= 0.3 is 12.2 Å². The molecule has 1 aliphatic rings. The maximum absolute atomic E-state index is 14.0. The molecule has 0 saturated carbocycles. The van der Waals surface area contributed by atoms with Gasteiger partial charge in [0.1, 0.15) is 11.2 Å². The number of sulfonamides is 1. The van der Waals surface area contributed by atoms with Crippen molar-refractivity contribution in [3.05, 3.63) is 29.1 Å². The topological polar surface area (TPSA) is 78.5 Å². The van der Waals surface area contributed by atoms with Gasteiger partial charge in [0.25, 0.3) is 10.0 Å². The smallest absolute Gasteiger partial charge is 0.307 e. The van der Waals surface area contributed by atoms with Crippen molar-refractivity contribution in [2.75, 3.05) is 18.4 Å². The van der Waals surface area contributed by atoms with Crippen molar-refractivity contribution in [1.82, 2.24) is 9.62 Å². The second-order valence-electron chi connectivity index (χ2n) is 8.41. The molecule has 1 fully saturated rings. The average Bonchev–Trinajstić information content (AvgIpc) is 2.60. The van der Waals surface area contributed by atoms with Crippen molar-refractivity contribution in [1.29, 1.82) is 0 Å². The molecular weight excluding hydrogens is 438 g/mol. The molecule has 1 aliphatic heterocycles. The number of alkyl halides is 3. The zero-order chi connectivity index (χ0) is 23.6. The Labute approximate surface area is 180 Å². The molecule has 1 heterocycles. The second-order valence-corrected chi connectivity index (χ2v) is 10.2. The van der Waals surface area contributed by atoms with Gasteiger partial charge in [-0.1, -0.05) is 27.7 Å². The van der Waals surface area contributed by atoms with Gasteiger partial charge in [-0.05, 0) is 60.9 Å². The van der Waals surface area contributed by atoms with Crippen LogP contribution in [0.4, 0.5) is 28.0 Å². The summed E-state index contributed by atoms with van der Waals surface area (Å²) in [6.07, 6.45) is -3.68. The first-order valence-corrected chi connectivity index (χ1v) is 11.7. The molecule has 1 aromatic carbocycles. The lowest BCUT2D eigenvalue weighted by Crippen LogP contribution is -2.53. The monoisotopic (exact) mass is 467 g/mol. The zero-order valence-corrected chi connectivity index (χ0v) is 18.8. The summed E-state index contributed by atoms with van der Waals surface area (Å²) >= 11 is 0. The zero-order valence-electron chi connectivity index (χ0n) is 18.0. The third-order valence-corrected chi connectivity index (χ3v) is 6.90. The van der Waals surface area contributed by atoms with Gasteiger partial charge in [-0.2, -0.15) is 13.2 Å². The van der Waals surface area contributed by atoms with Crippen molar-refractivity contribution in [3.8, 4) is 0 Å². The Hall–Kier alpha value is -1.88. The van der Waals surface area contributed by atoms with E-state index in [9.17, 15) is 30.8 Å². The first kappa shape index (κ1) is 25.4. The molecule has 1 atom stereocenters. The largest absolute Gasteiger partial charge is 0.401 e. The number of hydrogen-bond acceptors (Lipinski definition) is 4. The molecule has 2 amide bonds. The molecule has 11 heteroatoms. The summed E-state index contributed by atoms with van der Waals surface area (Å²) in [5, 5.41) is 1.03. The number of hydrogen-bond donors (Lipinski definition) is 2. The van der Waals surface area contributed by atoms with Crippen LogP contribution in [0.25, 0.3) is 0 Å². The standard InChI is InChI=1S/C20H29F4N3O3S/c1-12(2)15-9-14(21)10-16(13(3)4)18(15)25-19(28)26-31(29,30)17-7-5-6-8-27(17)11-20(22,23)24/h9-10,12-13,17H,5-8,11H2,1-4H3,(H2,25,26,28). The van der Waals surface area contributed by atoms with Gasteiger partial charge in [0.15, 0.2) is 0 Å². The number of rotatable bonds is 6. The van der Waals surface area contributed by atoms with E-state index in [0.29, 0.717) is 29.7 Å². The Morgan fingerprint density at radius 2 is 1.68 bits per heavy atom. The Morgan fingerprint density at radius 1 is 1.13 bits per heavy atom. The highest BCUT2D eigenvalue weighted by Gasteiger charge is 2.41. The third-order valence-electron chi connectivity index (χ3n) is 5.18. The highest BCUT2D eigenvalue weighted by atomic mass is 32.2. The van der Waals surface area contributed by atoms with Gasteiger partial charge in [0, 0.05) is 5.69 Å². The SMILES string of the molecule is CC(C)c1cc(F)cc(C(C)C)c1NC(=O)NS(=O)(=O)C1CCCCN1CC(F)(F)F. The van der Waals surface area contributed by atoms with Crippen LogP contribution in [0.3, 0.4) is 0 Å². The lowest BCUT2D eigenvalue weighted by atomic mass is 9.92. The maximum atomic E-state index is 14.0. The molecule has 2 N–H and O–H groups in total. The van der Waals surface area contributed by atoms with Gasteiger partial charge in [-0.3, -0.25) is 4.90 Å². The summed E-state index contributed by atoms with van der Waals surface area (Å²) < 4.78 is 79.9. The Morgan fingerprint density at radius 3 is 2.16 bits per heavy atom. The van der Waals surface area contributed by atoms with E-state index in [1.165, 1.54) is 12.1 Å². The van der Waals surface area contributed by atoms with Crippen molar-refractivity contribution in [2.24, 2.45) is 0 Å². The van der Waals surface area contributed by atoms with E-state index in [-0.39, 0.29) is 24.8 Å². The number of anilines is 1. The number of halogens is 4. The van der Waals surface area contributed by atoms with Crippen LogP contribution in [-0.4, -0.2) is 44.0 Å². The third kappa shape index (κ3) is 6.80. The van der Waals surface area contributed by atoms with Crippen LogP contribution >= 0.6 is 0 Å². The van der Waals surface area contributed by atoms with Gasteiger partial charge in [-0.25, -0.2) is 22.3 Å². The highest BCUT2D eigenvalue weighted by molar-refractivity contribution is 7.90. The summed E-state index contributed by atoms with van der Waals surface area (Å²) in [6, 6.07) is 1.45. The highest BCUT2D eigenvalue weighted by Crippen LogP contribution is 2.34. The average molecular weight is 468 g/mol. The minimum atomic E-state index is -4.56. The molecule has 2 rings (SSSR count). The van der Waals surface area contributed by atoms with Crippen molar-refractivity contribution >= 4 is 21.7 Å². The molecule has 1 aromatic rings. The molecule has 1 unspecified atom stereocenters. The van der Waals surface area contributed by atoms with Crippen molar-refractivity contribution in [3.63, 3.8) is 0 Å². The lowest BCUT2D eigenvalue weighted by Gasteiger charge is -2.35. The van der Waals surface area contributed by atoms with E-state index < -0.39 is 40.0 Å². The van der Waals surface area contributed by atoms with Gasteiger partial charge in [-0.15, -0.1) is 0 Å². The minimum absolute atomic E-state index is 0.0102. The Balaban J connectivity index is 2.27. The number of nitrogens with one attached hydrogen (secondary N) is 2. The molecule has 0 aromatic heterocycles. The van der Waals surface area contributed by atoms with E-state index in [0.717, 1.165) is 4.90 Å². The van der Waals surface area contributed by atoms with Crippen LogP contribution < -0.4 is 10.0 Å². The molecule has 0 radical (unpaired) electrons. The molecule has 6 nitrogen and oxygen atoms in total. The number of benzene rings is 1. The normalized spacial score (nSPS) is 18.5. The Bertz CT molecular complexity index is 872. The van der Waals surface area contributed by atoms with Crippen LogP contribution in [0.15, 0.2) is 12.1 Å². The van der Waals surface area contributed by atoms with E-state index in [1.54, 1.807) is 27.7 Å². The fourth-order valence-corrected chi connectivity index (χ4v) is 5.26. The van der Waals surface area contributed by atoms with Crippen LogP contribution in [0.2, 0.25) is 0 Å². The number of nitrogens with zero attached hydrogens (tertiary/aromatic N) is 1. The van der Waals surface area contributed by atoms with Crippen LogP contribution in [-0.2, 0) is 10.0 Å². The number of amides is 2. The summed E-state index contributed by atoms with van der Waals surface area (Å²) in [5.74, 6) is -0.808. The predicted octanol–water partition coefficient (Wildman–Crippen LogP) is 4.90. The molecular formula is C20H29F4N3O3S. The van der Waals surface area contributed by atoms with Crippen molar-refractivity contribution in [2.45, 2.75) is 70.3 Å². The number of carbonyl (C=O) groups excluding carboxylic acids is 1. The quantitative estimate of drug-likeness (QED) is 0.584. The fraction of sp³-hybridized carbons (Fsp3) is 0.650. The molecule has 31 heavy (non-hydrogen) atoms. The second kappa shape index (κ2) is 9.72. The van der Waals surface area contributed by atoms with E-state index in [1.807, 2.05) is 4.72 Å². The summed E-state index contributed by atoms with van der Waals surface area (Å²) in [4.78, 5) is 13.4. The van der Waals surface area contributed by atoms with E-state index >= 15 is 0 Å². The number of carbonyl (C=O) groups is 1. The molecule has 0 aliphatic carbocycles. The number of likely N-dealkylation sites (tertiary alicyclic amines) is 1. The Kier molecular flexibility index (Phi) is 7.96. The first-order chi connectivity index (χ1) is 14.2. The van der Waals surface area contributed by atoms with Crippen molar-refractivity contribution < 1.29 is 30.8 Å². The number of urea groups is 1. The van der Waals surface area contributed by atoms with Gasteiger partial charge in [0.05, 0.1) is 6.54 Å². The van der Waals surface area contributed by atoms with E-state index in [4.69, 9.17) is 0 Å². The van der Waals surface area contributed by atoms with Crippen LogP contribution in [0, 0.1) is 5.82 Å². The van der Waals surface area contributed by atoms with E-state index in [2.05, 4.69) is 5.32 Å². The summed E-state index contributed by atoms with van der Waals surface area (Å²) in [5.41, 5.74) is 1.29. The van der Waals surface area contributed by atoms with Gasteiger partial charge in [0.2, 0.25) is 0 Å². The molecule has 1 saturated heterocycles.